The second-order valence-electron chi connectivity index (χ2n) is 3.58. The number of benzene rings is 2. The van der Waals surface area contributed by atoms with Crippen molar-refractivity contribution in [2.24, 2.45) is 0 Å². The van der Waals surface area contributed by atoms with Gasteiger partial charge in [0.05, 0.1) is 17.8 Å². The van der Waals surface area contributed by atoms with Crippen molar-refractivity contribution in [3.63, 3.8) is 0 Å². The predicted octanol–water partition coefficient (Wildman–Crippen LogP) is 4.38. The molecule has 2 aromatic carbocycles. The Balaban J connectivity index is 2.33. The van der Waals surface area contributed by atoms with E-state index in [0.717, 1.165) is 0 Å². The molecule has 18 heavy (non-hydrogen) atoms. The highest BCUT2D eigenvalue weighted by Crippen LogP contribution is 2.35. The van der Waals surface area contributed by atoms with Crippen molar-refractivity contribution >= 4 is 28.9 Å². The Morgan fingerprint density at radius 2 is 1.78 bits per heavy atom. The molecule has 0 unspecified atom stereocenters. The summed E-state index contributed by atoms with van der Waals surface area (Å²) in [6, 6.07) is 10.1. The van der Waals surface area contributed by atoms with Gasteiger partial charge in [-0.05, 0) is 30.3 Å². The lowest BCUT2D eigenvalue weighted by Gasteiger charge is -2.11. The van der Waals surface area contributed by atoms with Gasteiger partial charge in [0, 0.05) is 11.1 Å². The molecule has 0 aliphatic rings. The zero-order valence-electron chi connectivity index (χ0n) is 9.61. The molecule has 0 spiro atoms. The van der Waals surface area contributed by atoms with Gasteiger partial charge in [-0.3, -0.25) is 0 Å². The number of nitrogens with two attached hydrogens (primary N) is 1. The van der Waals surface area contributed by atoms with Gasteiger partial charge in [0.25, 0.3) is 0 Å². The van der Waals surface area contributed by atoms with Crippen molar-refractivity contribution in [2.45, 2.75) is 0 Å². The molecule has 2 rings (SSSR count). The summed E-state index contributed by atoms with van der Waals surface area (Å²) in [5.41, 5.74) is 6.32. The first-order chi connectivity index (χ1) is 8.60. The van der Waals surface area contributed by atoms with E-state index in [9.17, 15) is 0 Å². The second-order valence-corrected chi connectivity index (χ2v) is 4.42. The highest BCUT2D eigenvalue weighted by atomic mass is 35.5. The molecule has 0 atom stereocenters. The van der Waals surface area contributed by atoms with Crippen molar-refractivity contribution in [3.8, 4) is 17.2 Å². The summed E-state index contributed by atoms with van der Waals surface area (Å²) in [5.74, 6) is 1.63. The topological polar surface area (TPSA) is 44.5 Å². The summed E-state index contributed by atoms with van der Waals surface area (Å²) in [7, 11) is 1.57. The quantitative estimate of drug-likeness (QED) is 0.851. The van der Waals surface area contributed by atoms with Gasteiger partial charge in [-0.2, -0.15) is 0 Å². The maximum absolute atomic E-state index is 6.02. The molecule has 94 valence electrons. The summed E-state index contributed by atoms with van der Waals surface area (Å²) in [5, 5.41) is 0.968. The maximum Gasteiger partial charge on any atom is 0.154 e. The zero-order valence-corrected chi connectivity index (χ0v) is 11.1. The van der Waals surface area contributed by atoms with Crippen LogP contribution < -0.4 is 15.2 Å². The lowest BCUT2D eigenvalue weighted by molar-refractivity contribution is 0.409. The van der Waals surface area contributed by atoms with E-state index in [-0.39, 0.29) is 0 Å². The molecular formula is C13H11Cl2NO2. The Morgan fingerprint density at radius 1 is 1.00 bits per heavy atom. The van der Waals surface area contributed by atoms with Crippen LogP contribution in [0.1, 0.15) is 0 Å². The summed E-state index contributed by atoms with van der Waals surface area (Å²) in [6.07, 6.45) is 0. The Hall–Kier alpha value is -1.58. The van der Waals surface area contributed by atoms with E-state index in [1.807, 2.05) is 0 Å². The van der Waals surface area contributed by atoms with E-state index in [0.29, 0.717) is 33.0 Å². The first-order valence-electron chi connectivity index (χ1n) is 5.16. The molecule has 2 N–H and O–H groups in total. The molecule has 0 saturated carbocycles. The first-order valence-corrected chi connectivity index (χ1v) is 5.92. The molecule has 0 heterocycles. The normalized spacial score (nSPS) is 10.2. The monoisotopic (exact) mass is 283 g/mol. The molecule has 0 amide bonds. The van der Waals surface area contributed by atoms with Crippen molar-refractivity contribution in [3.05, 3.63) is 46.4 Å². The fourth-order valence-electron chi connectivity index (χ4n) is 1.41. The smallest absolute Gasteiger partial charge is 0.154 e. The molecule has 0 bridgehead atoms. The third kappa shape index (κ3) is 2.81. The number of rotatable bonds is 3. The SMILES string of the molecule is COc1ccc(N)c(Oc2ccc(Cl)cc2Cl)c1. The van der Waals surface area contributed by atoms with E-state index in [2.05, 4.69) is 0 Å². The Bertz CT molecular complexity index is 573. The van der Waals surface area contributed by atoms with Crippen LogP contribution in [0.5, 0.6) is 17.2 Å². The van der Waals surface area contributed by atoms with Crippen molar-refractivity contribution in [1.29, 1.82) is 0 Å². The summed E-state index contributed by atoms with van der Waals surface area (Å²) in [6.45, 7) is 0. The van der Waals surface area contributed by atoms with Gasteiger partial charge < -0.3 is 15.2 Å². The van der Waals surface area contributed by atoms with Gasteiger partial charge >= 0.3 is 0 Å². The summed E-state index contributed by atoms with van der Waals surface area (Å²) < 4.78 is 10.7. The van der Waals surface area contributed by atoms with E-state index in [1.165, 1.54) is 0 Å². The Labute approximate surface area is 115 Å². The van der Waals surface area contributed by atoms with E-state index >= 15 is 0 Å². The number of anilines is 1. The van der Waals surface area contributed by atoms with E-state index in [4.69, 9.17) is 38.4 Å². The van der Waals surface area contributed by atoms with Crippen LogP contribution in [0.3, 0.4) is 0 Å². The molecule has 3 nitrogen and oxygen atoms in total. The fraction of sp³-hybridized carbons (Fsp3) is 0.0769. The van der Waals surface area contributed by atoms with Crippen LogP contribution >= 0.6 is 23.2 Å². The largest absolute Gasteiger partial charge is 0.497 e. The van der Waals surface area contributed by atoms with Crippen LogP contribution in [0.25, 0.3) is 0 Å². The molecule has 2 aromatic rings. The molecule has 0 radical (unpaired) electrons. The van der Waals surface area contributed by atoms with Crippen LogP contribution in [0, 0.1) is 0 Å². The van der Waals surface area contributed by atoms with Crippen LogP contribution in [-0.2, 0) is 0 Å². The van der Waals surface area contributed by atoms with Gasteiger partial charge in [-0.15, -0.1) is 0 Å². The fourth-order valence-corrected chi connectivity index (χ4v) is 1.85. The highest BCUT2D eigenvalue weighted by Gasteiger charge is 2.08. The van der Waals surface area contributed by atoms with Gasteiger partial charge in [-0.25, -0.2) is 0 Å². The lowest BCUT2D eigenvalue weighted by atomic mass is 10.2. The lowest BCUT2D eigenvalue weighted by Crippen LogP contribution is -1.93. The van der Waals surface area contributed by atoms with Gasteiger partial charge in [-0.1, -0.05) is 23.2 Å². The van der Waals surface area contributed by atoms with Crippen molar-refractivity contribution in [2.75, 3.05) is 12.8 Å². The predicted molar refractivity (Wildman–Crippen MR) is 73.9 cm³/mol. The molecule has 0 fully saturated rings. The molecule has 0 aliphatic carbocycles. The molecule has 0 aromatic heterocycles. The van der Waals surface area contributed by atoms with Crippen LogP contribution in [-0.4, -0.2) is 7.11 Å². The first kappa shape index (κ1) is 12.9. The highest BCUT2D eigenvalue weighted by molar-refractivity contribution is 6.35. The van der Waals surface area contributed by atoms with Gasteiger partial charge in [0.15, 0.2) is 5.75 Å². The average molecular weight is 284 g/mol. The third-order valence-electron chi connectivity index (χ3n) is 2.33. The number of methoxy groups -OCH3 is 1. The van der Waals surface area contributed by atoms with Crippen molar-refractivity contribution < 1.29 is 9.47 Å². The number of hydrogen-bond donors (Lipinski definition) is 1. The second kappa shape index (κ2) is 5.38. The van der Waals surface area contributed by atoms with Gasteiger partial charge in [0.2, 0.25) is 0 Å². The number of nitrogen functional groups attached to an aromatic ring is 1. The molecular weight excluding hydrogens is 273 g/mol. The number of ether oxygens (including phenoxy) is 2. The standard InChI is InChI=1S/C13H11Cl2NO2/c1-17-9-3-4-11(16)13(7-9)18-12-5-2-8(14)6-10(12)15/h2-7H,16H2,1H3. The van der Waals surface area contributed by atoms with Crippen LogP contribution in [0.4, 0.5) is 5.69 Å². The van der Waals surface area contributed by atoms with E-state index in [1.54, 1.807) is 43.5 Å². The van der Waals surface area contributed by atoms with Crippen molar-refractivity contribution in [1.82, 2.24) is 0 Å². The minimum atomic E-state index is 0.421. The maximum atomic E-state index is 6.02. The minimum absolute atomic E-state index is 0.421. The Kier molecular flexibility index (Phi) is 3.84. The summed E-state index contributed by atoms with van der Waals surface area (Å²) in [4.78, 5) is 0. The van der Waals surface area contributed by atoms with E-state index < -0.39 is 0 Å². The zero-order chi connectivity index (χ0) is 13.1. The third-order valence-corrected chi connectivity index (χ3v) is 2.87. The summed E-state index contributed by atoms with van der Waals surface area (Å²) >= 11 is 11.8. The van der Waals surface area contributed by atoms with Crippen LogP contribution in [0.2, 0.25) is 10.0 Å². The minimum Gasteiger partial charge on any atom is -0.497 e. The molecule has 0 saturated heterocycles. The Morgan fingerprint density at radius 3 is 2.44 bits per heavy atom. The average Bonchev–Trinajstić information content (AvgIpc) is 2.35. The number of hydrogen-bond acceptors (Lipinski definition) is 3. The number of halogens is 2. The van der Waals surface area contributed by atoms with Gasteiger partial charge in [0.1, 0.15) is 11.5 Å². The van der Waals surface area contributed by atoms with Crippen LogP contribution in [0.15, 0.2) is 36.4 Å². The molecule has 5 heteroatoms. The molecule has 0 aliphatic heterocycles.